The molecule has 118 valence electrons. The molecule has 0 spiro atoms. The van der Waals surface area contributed by atoms with Crippen molar-refractivity contribution < 1.29 is 23.6 Å². The van der Waals surface area contributed by atoms with Crippen LogP contribution in [0.4, 0.5) is 5.69 Å². The van der Waals surface area contributed by atoms with Gasteiger partial charge in [-0.1, -0.05) is 15.9 Å². The number of phenols is 1. The molecule has 0 radical (unpaired) electrons. The van der Waals surface area contributed by atoms with E-state index in [-0.39, 0.29) is 18.8 Å². The summed E-state index contributed by atoms with van der Waals surface area (Å²) in [5, 5.41) is 20.9. The number of nitro groups is 1. The molecule has 0 saturated heterocycles. The van der Waals surface area contributed by atoms with Gasteiger partial charge in [0.05, 0.1) is 18.1 Å². The number of aromatic hydroxyl groups is 1. The quantitative estimate of drug-likeness (QED) is 0.420. The Labute approximate surface area is 130 Å². The number of benzene rings is 1. The van der Waals surface area contributed by atoms with Crippen molar-refractivity contribution in [3.05, 3.63) is 32.3 Å². The smallest absolute Gasteiger partial charge is 0.351 e. The van der Waals surface area contributed by atoms with Crippen LogP contribution >= 0.6 is 23.5 Å². The fraction of sp³-hybridized carbons (Fsp3) is 0.455. The first kappa shape index (κ1) is 18.1. The van der Waals surface area contributed by atoms with Gasteiger partial charge in [0.1, 0.15) is 5.78 Å². The summed E-state index contributed by atoms with van der Waals surface area (Å²) in [7, 11) is -3.75. The van der Waals surface area contributed by atoms with Gasteiger partial charge in [-0.3, -0.25) is 14.7 Å². The lowest BCUT2D eigenvalue weighted by Gasteiger charge is -2.24. The van der Waals surface area contributed by atoms with Crippen LogP contribution in [0.25, 0.3) is 0 Å². The fourth-order valence-electron chi connectivity index (χ4n) is 1.70. The highest BCUT2D eigenvalue weighted by Crippen LogP contribution is 2.60. The molecule has 0 bridgehead atoms. The second-order valence-electron chi connectivity index (χ2n) is 3.94. The van der Waals surface area contributed by atoms with Crippen molar-refractivity contribution in [1.29, 1.82) is 0 Å². The van der Waals surface area contributed by atoms with Gasteiger partial charge in [-0.15, -0.1) is 0 Å². The van der Waals surface area contributed by atoms with Crippen molar-refractivity contribution in [2.75, 3.05) is 13.2 Å². The SMILES string of the molecule is CCOP(=O)(OCC)[C@H](N)c1cc(Br)cc([N+](=O)[O-])c1O. The van der Waals surface area contributed by atoms with E-state index in [0.29, 0.717) is 4.47 Å². The van der Waals surface area contributed by atoms with E-state index in [1.807, 2.05) is 0 Å². The number of nitrogens with two attached hydrogens (primary N) is 1. The van der Waals surface area contributed by atoms with Gasteiger partial charge in [-0.25, -0.2) is 0 Å². The second-order valence-corrected chi connectivity index (χ2v) is 7.01. The highest BCUT2D eigenvalue weighted by molar-refractivity contribution is 9.10. The summed E-state index contributed by atoms with van der Waals surface area (Å²) in [6, 6.07) is 2.47. The van der Waals surface area contributed by atoms with Crippen LogP contribution in [0.15, 0.2) is 16.6 Å². The summed E-state index contributed by atoms with van der Waals surface area (Å²) in [4.78, 5) is 10.1. The molecule has 0 fully saturated rings. The Morgan fingerprint density at radius 3 is 2.38 bits per heavy atom. The van der Waals surface area contributed by atoms with Gasteiger partial charge < -0.3 is 19.9 Å². The minimum atomic E-state index is -3.75. The summed E-state index contributed by atoms with van der Waals surface area (Å²) in [5.74, 6) is -2.00. The van der Waals surface area contributed by atoms with Gasteiger partial charge in [-0.2, -0.15) is 0 Å². The first-order valence-corrected chi connectivity index (χ1v) is 8.48. The third kappa shape index (κ3) is 4.02. The molecule has 0 heterocycles. The zero-order valence-electron chi connectivity index (χ0n) is 11.5. The highest BCUT2D eigenvalue weighted by atomic mass is 79.9. The Hall–Kier alpha value is -0.990. The van der Waals surface area contributed by atoms with Gasteiger partial charge in [-0.05, 0) is 19.9 Å². The van der Waals surface area contributed by atoms with Crippen molar-refractivity contribution in [3.63, 3.8) is 0 Å². The third-order valence-corrected chi connectivity index (χ3v) is 5.21. The van der Waals surface area contributed by atoms with Crippen LogP contribution < -0.4 is 5.73 Å². The maximum absolute atomic E-state index is 12.6. The van der Waals surface area contributed by atoms with Crippen molar-refractivity contribution in [3.8, 4) is 5.75 Å². The van der Waals surface area contributed by atoms with E-state index in [2.05, 4.69) is 15.9 Å². The lowest BCUT2D eigenvalue weighted by molar-refractivity contribution is -0.386. The number of halogens is 1. The minimum Gasteiger partial charge on any atom is -0.502 e. The van der Waals surface area contributed by atoms with Crippen LogP contribution in [0.1, 0.15) is 25.2 Å². The summed E-state index contributed by atoms with van der Waals surface area (Å²) < 4.78 is 23.1. The molecule has 0 aliphatic rings. The van der Waals surface area contributed by atoms with Crippen molar-refractivity contribution >= 4 is 29.2 Å². The van der Waals surface area contributed by atoms with E-state index < -0.39 is 29.7 Å². The van der Waals surface area contributed by atoms with Gasteiger partial charge in [0.15, 0.2) is 5.75 Å². The molecular formula is C11H16BrN2O6P. The molecule has 3 N–H and O–H groups in total. The van der Waals surface area contributed by atoms with E-state index in [9.17, 15) is 19.8 Å². The molecule has 10 heteroatoms. The van der Waals surface area contributed by atoms with Gasteiger partial charge in [0, 0.05) is 16.1 Å². The lowest BCUT2D eigenvalue weighted by Crippen LogP contribution is -2.15. The van der Waals surface area contributed by atoms with Crippen molar-refractivity contribution in [2.45, 2.75) is 19.6 Å². The molecule has 21 heavy (non-hydrogen) atoms. The molecule has 0 unspecified atom stereocenters. The van der Waals surface area contributed by atoms with Crippen LogP contribution in [-0.4, -0.2) is 23.2 Å². The number of rotatable bonds is 7. The normalized spacial score (nSPS) is 13.1. The van der Waals surface area contributed by atoms with E-state index >= 15 is 0 Å². The van der Waals surface area contributed by atoms with Crippen LogP contribution in [0.2, 0.25) is 0 Å². The Morgan fingerprint density at radius 1 is 1.43 bits per heavy atom. The topological polar surface area (TPSA) is 125 Å². The van der Waals surface area contributed by atoms with E-state index in [4.69, 9.17) is 14.8 Å². The van der Waals surface area contributed by atoms with Crippen LogP contribution in [-0.2, 0) is 13.6 Å². The molecule has 0 amide bonds. The molecule has 1 rings (SSSR count). The summed E-state index contributed by atoms with van der Waals surface area (Å²) in [6.07, 6.45) is 0. The summed E-state index contributed by atoms with van der Waals surface area (Å²) >= 11 is 3.09. The maximum atomic E-state index is 12.6. The average Bonchev–Trinajstić information content (AvgIpc) is 2.40. The molecule has 1 atom stereocenters. The first-order chi connectivity index (χ1) is 9.76. The predicted molar refractivity (Wildman–Crippen MR) is 80.2 cm³/mol. The van der Waals surface area contributed by atoms with Crippen LogP contribution in [0, 0.1) is 10.1 Å². The van der Waals surface area contributed by atoms with Gasteiger partial charge in [0.2, 0.25) is 0 Å². The van der Waals surface area contributed by atoms with E-state index in [1.165, 1.54) is 6.07 Å². The minimum absolute atomic E-state index is 0.0821. The zero-order valence-corrected chi connectivity index (χ0v) is 14.0. The Morgan fingerprint density at radius 2 is 1.95 bits per heavy atom. The van der Waals surface area contributed by atoms with Gasteiger partial charge in [0.25, 0.3) is 0 Å². The van der Waals surface area contributed by atoms with Gasteiger partial charge >= 0.3 is 13.3 Å². The van der Waals surface area contributed by atoms with Crippen LogP contribution in [0.3, 0.4) is 0 Å². The molecule has 8 nitrogen and oxygen atoms in total. The third-order valence-electron chi connectivity index (χ3n) is 2.56. The zero-order chi connectivity index (χ0) is 16.2. The number of hydrogen-bond donors (Lipinski definition) is 2. The molecule has 1 aromatic carbocycles. The Kier molecular flexibility index (Phi) is 6.30. The second kappa shape index (κ2) is 7.33. The molecular weight excluding hydrogens is 367 g/mol. The lowest BCUT2D eigenvalue weighted by atomic mass is 10.1. The molecule has 0 aromatic heterocycles. The number of nitrogens with zero attached hydrogens (tertiary/aromatic N) is 1. The number of nitro benzene ring substituents is 1. The average molecular weight is 383 g/mol. The monoisotopic (exact) mass is 382 g/mol. The van der Waals surface area contributed by atoms with Crippen molar-refractivity contribution in [2.24, 2.45) is 5.73 Å². The molecule has 0 saturated carbocycles. The van der Waals surface area contributed by atoms with E-state index in [1.54, 1.807) is 13.8 Å². The summed E-state index contributed by atoms with van der Waals surface area (Å²) in [5.41, 5.74) is 5.24. The highest BCUT2D eigenvalue weighted by Gasteiger charge is 2.37. The summed E-state index contributed by atoms with van der Waals surface area (Å²) in [6.45, 7) is 3.40. The number of phenolic OH excluding ortho intramolecular Hbond substituents is 1. The predicted octanol–water partition coefficient (Wildman–Crippen LogP) is 3.29. The number of hydrogen-bond acceptors (Lipinski definition) is 7. The maximum Gasteiger partial charge on any atom is 0.351 e. The Balaban J connectivity index is 3.37. The molecule has 0 aliphatic heterocycles. The van der Waals surface area contributed by atoms with E-state index in [0.717, 1.165) is 6.07 Å². The first-order valence-electron chi connectivity index (χ1n) is 6.08. The fourth-order valence-corrected chi connectivity index (χ4v) is 3.81. The largest absolute Gasteiger partial charge is 0.502 e. The molecule has 1 aromatic rings. The Bertz CT molecular complexity index is 572. The molecule has 0 aliphatic carbocycles. The van der Waals surface area contributed by atoms with Crippen molar-refractivity contribution in [1.82, 2.24) is 0 Å². The van der Waals surface area contributed by atoms with Crippen LogP contribution in [0.5, 0.6) is 5.75 Å². The standard InChI is InChI=1S/C11H16BrN2O6P/c1-3-19-21(18,20-4-2)11(13)8-5-7(12)6-9(10(8)15)14(16)17/h5-6,11,15H,3-4,13H2,1-2H3/t11-/m0/s1.